The molecule has 1 N–H and O–H groups in total. The fourth-order valence-corrected chi connectivity index (χ4v) is 3.66. The van der Waals surface area contributed by atoms with Gasteiger partial charge in [-0.05, 0) is 30.3 Å². The highest BCUT2D eigenvalue weighted by Gasteiger charge is 2.24. The highest BCUT2D eigenvalue weighted by atomic mass is 32.2. The molecule has 26 heavy (non-hydrogen) atoms. The van der Waals surface area contributed by atoms with E-state index >= 15 is 0 Å². The summed E-state index contributed by atoms with van der Waals surface area (Å²) in [5.41, 5.74) is 1.56. The van der Waals surface area contributed by atoms with Gasteiger partial charge in [0.15, 0.2) is 0 Å². The second kappa shape index (κ2) is 7.76. The predicted octanol–water partition coefficient (Wildman–Crippen LogP) is 2.01. The molecule has 0 unspecified atom stereocenters. The number of furan rings is 1. The van der Waals surface area contributed by atoms with Crippen LogP contribution < -0.4 is 10.2 Å². The van der Waals surface area contributed by atoms with Gasteiger partial charge >= 0.3 is 0 Å². The smallest absolute Gasteiger partial charge is 0.248 e. The van der Waals surface area contributed by atoms with Gasteiger partial charge in [-0.15, -0.1) is 0 Å². The van der Waals surface area contributed by atoms with Gasteiger partial charge in [-0.25, -0.2) is 8.42 Å². The fraction of sp³-hybridized carbons (Fsp3) is 0.278. The molecule has 0 aliphatic carbocycles. The Balaban J connectivity index is 1.68. The van der Waals surface area contributed by atoms with Crippen LogP contribution in [0.5, 0.6) is 0 Å². The third-order valence-electron chi connectivity index (χ3n) is 4.15. The van der Waals surface area contributed by atoms with E-state index in [9.17, 15) is 13.2 Å². The van der Waals surface area contributed by atoms with Crippen molar-refractivity contribution in [3.63, 3.8) is 0 Å². The van der Waals surface area contributed by atoms with E-state index in [1.54, 1.807) is 24.5 Å². The van der Waals surface area contributed by atoms with Crippen molar-refractivity contribution in [1.82, 2.24) is 4.31 Å². The molecular weight excluding hydrogens is 354 g/mol. The molecule has 0 saturated carbocycles. The Kier molecular flexibility index (Phi) is 5.43. The van der Waals surface area contributed by atoms with Crippen LogP contribution in [0.15, 0.2) is 53.2 Å². The number of para-hydroxylation sites is 2. The predicted molar refractivity (Wildman–Crippen MR) is 101 cm³/mol. The minimum atomic E-state index is -3.17. The highest BCUT2D eigenvalue weighted by molar-refractivity contribution is 7.88. The maximum atomic E-state index is 12.2. The zero-order valence-electron chi connectivity index (χ0n) is 14.5. The van der Waals surface area contributed by atoms with Crippen LogP contribution in [-0.4, -0.2) is 51.1 Å². The van der Waals surface area contributed by atoms with Gasteiger partial charge in [0.1, 0.15) is 5.76 Å². The topological polar surface area (TPSA) is 82.9 Å². The second-order valence-electron chi connectivity index (χ2n) is 6.00. The molecule has 0 radical (unpaired) electrons. The fourth-order valence-electron chi connectivity index (χ4n) is 2.83. The summed E-state index contributed by atoms with van der Waals surface area (Å²) in [6, 6.07) is 11.0. The van der Waals surface area contributed by atoms with Crippen molar-refractivity contribution in [2.24, 2.45) is 0 Å². The second-order valence-corrected chi connectivity index (χ2v) is 7.99. The van der Waals surface area contributed by atoms with Gasteiger partial charge in [0.05, 0.1) is 23.9 Å². The number of rotatable bonds is 5. The Morgan fingerprint density at radius 2 is 1.85 bits per heavy atom. The van der Waals surface area contributed by atoms with Crippen molar-refractivity contribution in [1.29, 1.82) is 0 Å². The number of nitrogens with one attached hydrogen (secondary N) is 1. The number of anilines is 2. The van der Waals surface area contributed by atoms with Gasteiger partial charge in [0.25, 0.3) is 0 Å². The average molecular weight is 375 g/mol. The van der Waals surface area contributed by atoms with E-state index in [2.05, 4.69) is 10.2 Å². The van der Waals surface area contributed by atoms with Crippen molar-refractivity contribution in [2.75, 3.05) is 42.7 Å². The Morgan fingerprint density at radius 1 is 1.12 bits per heavy atom. The van der Waals surface area contributed by atoms with Crippen molar-refractivity contribution in [2.45, 2.75) is 0 Å². The summed E-state index contributed by atoms with van der Waals surface area (Å²) in [7, 11) is -3.17. The maximum Gasteiger partial charge on any atom is 0.248 e. The van der Waals surface area contributed by atoms with E-state index in [-0.39, 0.29) is 5.91 Å². The van der Waals surface area contributed by atoms with Gasteiger partial charge in [-0.1, -0.05) is 12.1 Å². The number of nitrogens with zero attached hydrogens (tertiary/aromatic N) is 2. The van der Waals surface area contributed by atoms with Crippen molar-refractivity contribution < 1.29 is 17.6 Å². The first-order valence-electron chi connectivity index (χ1n) is 8.25. The Hall–Kier alpha value is -2.58. The lowest BCUT2D eigenvalue weighted by Gasteiger charge is -2.35. The lowest BCUT2D eigenvalue weighted by atomic mass is 10.2. The zero-order valence-corrected chi connectivity index (χ0v) is 15.3. The molecule has 1 fully saturated rings. The Labute approximate surface area is 152 Å². The normalized spacial score (nSPS) is 16.1. The zero-order chi connectivity index (χ0) is 18.6. The number of hydrogen-bond donors (Lipinski definition) is 1. The standard InChI is InChI=1S/C18H21N3O4S/c1-26(23,24)21-12-10-20(11-13-21)17-7-3-2-6-16(17)19-18(22)9-8-15-5-4-14-25-15/h2-9,14H,10-13H2,1H3,(H,19,22). The monoisotopic (exact) mass is 375 g/mol. The molecule has 0 spiro atoms. The minimum Gasteiger partial charge on any atom is -0.465 e. The van der Waals surface area contributed by atoms with Crippen LogP contribution in [0, 0.1) is 0 Å². The summed E-state index contributed by atoms with van der Waals surface area (Å²) in [5.74, 6) is 0.342. The van der Waals surface area contributed by atoms with Crippen LogP contribution in [0.4, 0.5) is 11.4 Å². The molecule has 0 atom stereocenters. The van der Waals surface area contributed by atoms with E-state index in [1.807, 2.05) is 24.3 Å². The molecule has 8 heteroatoms. The first kappa shape index (κ1) is 18.2. The average Bonchev–Trinajstić information content (AvgIpc) is 3.13. The molecule has 1 aliphatic rings. The van der Waals surface area contributed by atoms with Crippen LogP contribution in [0.1, 0.15) is 5.76 Å². The lowest BCUT2D eigenvalue weighted by Crippen LogP contribution is -2.48. The molecule has 1 aliphatic heterocycles. The third kappa shape index (κ3) is 4.53. The first-order chi connectivity index (χ1) is 12.4. The van der Waals surface area contributed by atoms with Gasteiger partial charge < -0.3 is 14.6 Å². The SMILES string of the molecule is CS(=O)(=O)N1CCN(c2ccccc2NC(=O)C=Cc2ccco2)CC1. The quantitative estimate of drug-likeness (QED) is 0.809. The molecule has 0 bridgehead atoms. The van der Waals surface area contributed by atoms with Gasteiger partial charge in [0.2, 0.25) is 15.9 Å². The third-order valence-corrected chi connectivity index (χ3v) is 5.46. The summed E-state index contributed by atoms with van der Waals surface area (Å²) < 4.78 is 29.9. The molecule has 138 valence electrons. The number of piperazine rings is 1. The van der Waals surface area contributed by atoms with Crippen LogP contribution in [0.3, 0.4) is 0 Å². The molecule has 1 aromatic heterocycles. The molecule has 3 rings (SSSR count). The van der Waals surface area contributed by atoms with Crippen LogP contribution in [0.25, 0.3) is 6.08 Å². The summed E-state index contributed by atoms with van der Waals surface area (Å²) in [4.78, 5) is 14.3. The Bertz CT molecular complexity index is 883. The summed E-state index contributed by atoms with van der Waals surface area (Å²) in [5, 5.41) is 2.87. The van der Waals surface area contributed by atoms with Crippen LogP contribution >= 0.6 is 0 Å². The number of benzene rings is 1. The number of sulfonamides is 1. The van der Waals surface area contributed by atoms with E-state index in [0.717, 1.165) is 5.69 Å². The van der Waals surface area contributed by atoms with Gasteiger partial charge in [0, 0.05) is 32.3 Å². The summed E-state index contributed by atoms with van der Waals surface area (Å²) in [6.45, 7) is 2.00. The summed E-state index contributed by atoms with van der Waals surface area (Å²) in [6.07, 6.45) is 5.78. The van der Waals surface area contributed by atoms with Crippen LogP contribution in [0.2, 0.25) is 0 Å². The number of hydrogen-bond acceptors (Lipinski definition) is 5. The lowest BCUT2D eigenvalue weighted by molar-refractivity contribution is -0.111. The Morgan fingerprint density at radius 3 is 2.50 bits per heavy atom. The van der Waals surface area contributed by atoms with E-state index in [0.29, 0.717) is 37.6 Å². The van der Waals surface area contributed by atoms with Gasteiger partial charge in [-0.3, -0.25) is 4.79 Å². The minimum absolute atomic E-state index is 0.261. The van der Waals surface area contributed by atoms with E-state index < -0.39 is 10.0 Å². The molecule has 1 saturated heterocycles. The molecule has 1 amide bonds. The largest absolute Gasteiger partial charge is 0.465 e. The van der Waals surface area contributed by atoms with Crippen molar-refractivity contribution in [3.05, 3.63) is 54.5 Å². The first-order valence-corrected chi connectivity index (χ1v) is 10.1. The summed E-state index contributed by atoms with van der Waals surface area (Å²) >= 11 is 0. The molecule has 7 nitrogen and oxygen atoms in total. The molecular formula is C18H21N3O4S. The van der Waals surface area contributed by atoms with Gasteiger partial charge in [-0.2, -0.15) is 4.31 Å². The van der Waals surface area contributed by atoms with Crippen molar-refractivity contribution in [3.8, 4) is 0 Å². The van der Waals surface area contributed by atoms with E-state index in [4.69, 9.17) is 4.42 Å². The number of carbonyl (C=O) groups is 1. The number of amides is 1. The highest BCUT2D eigenvalue weighted by Crippen LogP contribution is 2.27. The molecule has 2 heterocycles. The maximum absolute atomic E-state index is 12.2. The molecule has 2 aromatic rings. The number of carbonyl (C=O) groups excluding carboxylic acids is 1. The molecule has 1 aromatic carbocycles. The van der Waals surface area contributed by atoms with E-state index in [1.165, 1.54) is 16.6 Å². The van der Waals surface area contributed by atoms with Crippen molar-refractivity contribution >= 4 is 33.4 Å². The van der Waals surface area contributed by atoms with Crippen LogP contribution in [-0.2, 0) is 14.8 Å².